The van der Waals surface area contributed by atoms with Crippen LogP contribution in [-0.4, -0.2) is 33.5 Å². The van der Waals surface area contributed by atoms with Crippen molar-refractivity contribution in [3.8, 4) is 0 Å². The molecule has 5 nitrogen and oxygen atoms in total. The van der Waals surface area contributed by atoms with Crippen LogP contribution in [0.5, 0.6) is 0 Å². The lowest BCUT2D eigenvalue weighted by Crippen LogP contribution is -2.06. The first-order valence-electron chi connectivity index (χ1n) is 7.20. The van der Waals surface area contributed by atoms with Crippen molar-refractivity contribution in [3.63, 3.8) is 0 Å². The second kappa shape index (κ2) is 8.79. The zero-order valence-corrected chi connectivity index (χ0v) is 12.5. The van der Waals surface area contributed by atoms with Gasteiger partial charge >= 0.3 is 0 Å². The summed E-state index contributed by atoms with van der Waals surface area (Å²) in [4.78, 5) is 0. The van der Waals surface area contributed by atoms with E-state index < -0.39 is 0 Å². The standard InChI is InChI=1S/C16H23NO4/c1-18-9-10-19-7-4-8-20-12-14-13-5-2-3-6-15(13)21-16(14)11-17/h2-3,5-6H,4,7-12,17H2,1H3. The highest BCUT2D eigenvalue weighted by molar-refractivity contribution is 5.82. The molecule has 2 aromatic rings. The van der Waals surface area contributed by atoms with Crippen molar-refractivity contribution in [1.82, 2.24) is 0 Å². The highest BCUT2D eigenvalue weighted by atomic mass is 16.5. The zero-order chi connectivity index (χ0) is 14.9. The molecule has 0 aliphatic carbocycles. The number of fused-ring (bicyclic) bond motifs is 1. The Kier molecular flexibility index (Phi) is 6.69. The topological polar surface area (TPSA) is 66.8 Å². The van der Waals surface area contributed by atoms with Gasteiger partial charge in [-0.15, -0.1) is 0 Å². The fourth-order valence-corrected chi connectivity index (χ4v) is 2.15. The average molecular weight is 293 g/mol. The van der Waals surface area contributed by atoms with E-state index >= 15 is 0 Å². The number of hydrogen-bond acceptors (Lipinski definition) is 5. The molecule has 0 unspecified atom stereocenters. The molecule has 0 spiro atoms. The number of rotatable bonds is 10. The first-order valence-corrected chi connectivity index (χ1v) is 7.20. The van der Waals surface area contributed by atoms with Gasteiger partial charge in [0, 0.05) is 31.3 Å². The van der Waals surface area contributed by atoms with E-state index in [0.29, 0.717) is 39.6 Å². The molecule has 0 aliphatic rings. The molecule has 116 valence electrons. The summed E-state index contributed by atoms with van der Waals surface area (Å²) in [6.07, 6.45) is 0.859. The Bertz CT molecular complexity index is 538. The van der Waals surface area contributed by atoms with Crippen LogP contribution in [0.4, 0.5) is 0 Å². The maximum atomic E-state index is 5.73. The summed E-state index contributed by atoms with van der Waals surface area (Å²) in [5, 5.41) is 1.08. The predicted octanol–water partition coefficient (Wildman–Crippen LogP) is 2.46. The van der Waals surface area contributed by atoms with E-state index in [0.717, 1.165) is 28.7 Å². The van der Waals surface area contributed by atoms with Crippen molar-refractivity contribution >= 4 is 11.0 Å². The van der Waals surface area contributed by atoms with Crippen LogP contribution in [0.3, 0.4) is 0 Å². The molecule has 1 heterocycles. The maximum absolute atomic E-state index is 5.73. The fourth-order valence-electron chi connectivity index (χ4n) is 2.15. The van der Waals surface area contributed by atoms with Crippen molar-refractivity contribution < 1.29 is 18.6 Å². The van der Waals surface area contributed by atoms with Gasteiger partial charge in [0.15, 0.2) is 0 Å². The Morgan fingerprint density at radius 2 is 1.86 bits per heavy atom. The average Bonchev–Trinajstić information content (AvgIpc) is 2.88. The molecular weight excluding hydrogens is 270 g/mol. The molecule has 0 saturated heterocycles. The summed E-state index contributed by atoms with van der Waals surface area (Å²) >= 11 is 0. The minimum atomic E-state index is 0.382. The van der Waals surface area contributed by atoms with Crippen LogP contribution in [0.2, 0.25) is 0 Å². The van der Waals surface area contributed by atoms with E-state index in [2.05, 4.69) is 0 Å². The van der Waals surface area contributed by atoms with Crippen LogP contribution >= 0.6 is 0 Å². The van der Waals surface area contributed by atoms with Crippen LogP contribution in [-0.2, 0) is 27.4 Å². The van der Waals surface area contributed by atoms with Crippen molar-refractivity contribution in [2.75, 3.05) is 33.5 Å². The van der Waals surface area contributed by atoms with Crippen LogP contribution in [0.15, 0.2) is 28.7 Å². The van der Waals surface area contributed by atoms with Gasteiger partial charge in [-0.05, 0) is 12.5 Å². The number of furan rings is 1. The van der Waals surface area contributed by atoms with Gasteiger partial charge in [-0.2, -0.15) is 0 Å². The van der Waals surface area contributed by atoms with E-state index in [1.165, 1.54) is 0 Å². The Balaban J connectivity index is 1.78. The third-order valence-corrected chi connectivity index (χ3v) is 3.22. The molecule has 0 aliphatic heterocycles. The molecular formula is C16H23NO4. The lowest BCUT2D eigenvalue weighted by Gasteiger charge is -2.06. The van der Waals surface area contributed by atoms with Crippen molar-refractivity contribution in [1.29, 1.82) is 0 Å². The quantitative estimate of drug-likeness (QED) is 0.682. The molecule has 21 heavy (non-hydrogen) atoms. The van der Waals surface area contributed by atoms with Crippen LogP contribution in [0, 0.1) is 0 Å². The molecule has 0 saturated carbocycles. The Labute approximate surface area is 125 Å². The molecule has 0 bridgehead atoms. The van der Waals surface area contributed by atoms with Crippen molar-refractivity contribution in [2.24, 2.45) is 5.73 Å². The molecule has 1 aromatic carbocycles. The van der Waals surface area contributed by atoms with Gasteiger partial charge in [0.2, 0.25) is 0 Å². The predicted molar refractivity (Wildman–Crippen MR) is 81.1 cm³/mol. The van der Waals surface area contributed by atoms with E-state index in [4.69, 9.17) is 24.4 Å². The normalized spacial score (nSPS) is 11.3. The number of benzene rings is 1. The highest BCUT2D eigenvalue weighted by Gasteiger charge is 2.12. The Morgan fingerprint density at radius 3 is 2.67 bits per heavy atom. The van der Waals surface area contributed by atoms with Crippen LogP contribution < -0.4 is 5.73 Å². The van der Waals surface area contributed by atoms with Crippen LogP contribution in [0.25, 0.3) is 11.0 Å². The molecule has 0 fully saturated rings. The fraction of sp³-hybridized carbons (Fsp3) is 0.500. The molecule has 0 radical (unpaired) electrons. The number of ether oxygens (including phenoxy) is 3. The molecule has 2 rings (SSSR count). The Morgan fingerprint density at radius 1 is 1.05 bits per heavy atom. The first-order chi connectivity index (χ1) is 10.4. The van der Waals surface area contributed by atoms with Crippen LogP contribution in [0.1, 0.15) is 17.7 Å². The second-order valence-corrected chi connectivity index (χ2v) is 4.72. The highest BCUT2D eigenvalue weighted by Crippen LogP contribution is 2.26. The van der Waals surface area contributed by atoms with E-state index in [9.17, 15) is 0 Å². The van der Waals surface area contributed by atoms with Gasteiger partial charge in [0.25, 0.3) is 0 Å². The maximum Gasteiger partial charge on any atom is 0.134 e. The molecule has 0 atom stereocenters. The third-order valence-electron chi connectivity index (χ3n) is 3.22. The lowest BCUT2D eigenvalue weighted by molar-refractivity contribution is 0.0483. The number of para-hydroxylation sites is 1. The number of methoxy groups -OCH3 is 1. The number of hydrogen-bond donors (Lipinski definition) is 1. The van der Waals surface area contributed by atoms with E-state index in [-0.39, 0.29) is 0 Å². The summed E-state index contributed by atoms with van der Waals surface area (Å²) in [6.45, 7) is 3.48. The molecule has 5 heteroatoms. The van der Waals surface area contributed by atoms with E-state index in [1.807, 2.05) is 24.3 Å². The molecule has 2 N–H and O–H groups in total. The molecule has 1 aromatic heterocycles. The van der Waals surface area contributed by atoms with Crippen molar-refractivity contribution in [2.45, 2.75) is 19.6 Å². The zero-order valence-electron chi connectivity index (χ0n) is 12.5. The summed E-state index contributed by atoms with van der Waals surface area (Å²) in [7, 11) is 1.66. The van der Waals surface area contributed by atoms with Crippen molar-refractivity contribution in [3.05, 3.63) is 35.6 Å². The lowest BCUT2D eigenvalue weighted by atomic mass is 10.1. The second-order valence-electron chi connectivity index (χ2n) is 4.72. The SMILES string of the molecule is COCCOCCCOCc1c(CN)oc2ccccc12. The van der Waals surface area contributed by atoms with E-state index in [1.54, 1.807) is 7.11 Å². The minimum Gasteiger partial charge on any atom is -0.459 e. The number of nitrogens with two attached hydrogens (primary N) is 1. The van der Waals surface area contributed by atoms with Gasteiger partial charge < -0.3 is 24.4 Å². The van der Waals surface area contributed by atoms with Gasteiger partial charge in [0.1, 0.15) is 11.3 Å². The largest absolute Gasteiger partial charge is 0.459 e. The summed E-state index contributed by atoms with van der Waals surface area (Å²) in [6, 6.07) is 7.92. The first kappa shape index (κ1) is 16.0. The third kappa shape index (κ3) is 4.54. The summed E-state index contributed by atoms with van der Waals surface area (Å²) < 4.78 is 21.7. The smallest absolute Gasteiger partial charge is 0.134 e. The summed E-state index contributed by atoms with van der Waals surface area (Å²) in [5.74, 6) is 0.799. The van der Waals surface area contributed by atoms with Gasteiger partial charge in [0.05, 0.1) is 26.4 Å². The van der Waals surface area contributed by atoms with Gasteiger partial charge in [-0.3, -0.25) is 0 Å². The minimum absolute atomic E-state index is 0.382. The summed E-state index contributed by atoms with van der Waals surface area (Å²) in [5.41, 5.74) is 7.64. The monoisotopic (exact) mass is 293 g/mol. The van der Waals surface area contributed by atoms with Gasteiger partial charge in [-0.25, -0.2) is 0 Å². The Hall–Kier alpha value is -1.40. The van der Waals surface area contributed by atoms with Gasteiger partial charge in [-0.1, -0.05) is 18.2 Å². The molecule has 0 amide bonds.